The lowest BCUT2D eigenvalue weighted by molar-refractivity contribution is 0.134. The van der Waals surface area contributed by atoms with Crippen molar-refractivity contribution in [2.24, 2.45) is 0 Å². The first-order chi connectivity index (χ1) is 8.86. The Morgan fingerprint density at radius 2 is 2.11 bits per heavy atom. The van der Waals surface area contributed by atoms with Gasteiger partial charge >= 0.3 is 0 Å². The smallest absolute Gasteiger partial charge is 0.195 e. The van der Waals surface area contributed by atoms with Gasteiger partial charge in [-0.1, -0.05) is 6.92 Å². The minimum atomic E-state index is 0.703. The molecule has 1 N–H and O–H groups in total. The molecule has 1 aromatic heterocycles. The zero-order chi connectivity index (χ0) is 13.1. The lowest BCUT2D eigenvalue weighted by Crippen LogP contribution is -2.21. The third kappa shape index (κ3) is 6.74. The van der Waals surface area contributed by atoms with Crippen molar-refractivity contribution in [1.29, 1.82) is 0 Å². The molecular formula is C13H24N2O3. The summed E-state index contributed by atoms with van der Waals surface area (Å²) in [6, 6.07) is 0. The fourth-order valence-corrected chi connectivity index (χ4v) is 1.49. The van der Waals surface area contributed by atoms with Gasteiger partial charge in [0.15, 0.2) is 5.89 Å². The molecule has 1 heterocycles. The molecule has 0 bridgehead atoms. The minimum Gasteiger partial charge on any atom is -0.446 e. The number of hydrogen-bond donors (Lipinski definition) is 1. The van der Waals surface area contributed by atoms with Gasteiger partial charge in [-0.2, -0.15) is 0 Å². The molecule has 0 amide bonds. The summed E-state index contributed by atoms with van der Waals surface area (Å²) in [6.07, 6.45) is 4.44. The maximum atomic E-state index is 5.61. The highest BCUT2D eigenvalue weighted by Gasteiger charge is 2.03. The van der Waals surface area contributed by atoms with E-state index in [2.05, 4.69) is 17.2 Å². The molecule has 1 aromatic rings. The number of hydrogen-bond acceptors (Lipinski definition) is 5. The highest BCUT2D eigenvalue weighted by Crippen LogP contribution is 2.05. The number of nitrogens with one attached hydrogen (secondary N) is 1. The number of aromatic nitrogens is 1. The quantitative estimate of drug-likeness (QED) is 0.607. The molecule has 0 saturated heterocycles. The van der Waals surface area contributed by atoms with Gasteiger partial charge in [0.05, 0.1) is 19.4 Å². The average Bonchev–Trinajstić information content (AvgIpc) is 2.82. The lowest BCUT2D eigenvalue weighted by atomic mass is 10.4. The molecule has 0 atom stereocenters. The van der Waals surface area contributed by atoms with E-state index < -0.39 is 0 Å². The van der Waals surface area contributed by atoms with Crippen LogP contribution in [-0.4, -0.2) is 45.0 Å². The van der Waals surface area contributed by atoms with Crippen molar-refractivity contribution >= 4 is 0 Å². The summed E-state index contributed by atoms with van der Waals surface area (Å²) in [4.78, 5) is 4.24. The van der Waals surface area contributed by atoms with E-state index in [1.54, 1.807) is 13.3 Å². The molecule has 5 nitrogen and oxygen atoms in total. The Balaban J connectivity index is 2.10. The van der Waals surface area contributed by atoms with Crippen molar-refractivity contribution in [1.82, 2.24) is 10.3 Å². The largest absolute Gasteiger partial charge is 0.446 e. The number of ether oxygens (including phenoxy) is 2. The summed E-state index contributed by atoms with van der Waals surface area (Å²) < 4.78 is 16.0. The van der Waals surface area contributed by atoms with Crippen LogP contribution in [0.15, 0.2) is 10.6 Å². The Kier molecular flexibility index (Phi) is 8.46. The monoisotopic (exact) mass is 256 g/mol. The molecule has 0 fully saturated rings. The van der Waals surface area contributed by atoms with Crippen molar-refractivity contribution in [2.75, 3.05) is 40.0 Å². The van der Waals surface area contributed by atoms with E-state index in [0.717, 1.165) is 57.2 Å². The van der Waals surface area contributed by atoms with Crippen LogP contribution >= 0.6 is 0 Å². The topological polar surface area (TPSA) is 56.5 Å². The van der Waals surface area contributed by atoms with E-state index in [1.807, 2.05) is 0 Å². The minimum absolute atomic E-state index is 0.703. The molecule has 1 rings (SSSR count). The summed E-state index contributed by atoms with van der Waals surface area (Å²) >= 11 is 0. The second-order valence-electron chi connectivity index (χ2n) is 4.08. The summed E-state index contributed by atoms with van der Waals surface area (Å²) in [5.41, 5.74) is 0. The maximum Gasteiger partial charge on any atom is 0.195 e. The number of nitrogens with zero attached hydrogens (tertiary/aromatic N) is 1. The van der Waals surface area contributed by atoms with Crippen LogP contribution in [0.2, 0.25) is 0 Å². The van der Waals surface area contributed by atoms with Gasteiger partial charge in [0.25, 0.3) is 0 Å². The van der Waals surface area contributed by atoms with Gasteiger partial charge in [-0.15, -0.1) is 0 Å². The first-order valence-corrected chi connectivity index (χ1v) is 6.57. The van der Waals surface area contributed by atoms with Gasteiger partial charge in [0, 0.05) is 39.6 Å². The first kappa shape index (κ1) is 15.1. The molecule has 0 aliphatic heterocycles. The van der Waals surface area contributed by atoms with Crippen LogP contribution in [0.3, 0.4) is 0 Å². The Morgan fingerprint density at radius 1 is 1.22 bits per heavy atom. The van der Waals surface area contributed by atoms with Crippen molar-refractivity contribution in [2.45, 2.75) is 26.2 Å². The van der Waals surface area contributed by atoms with Crippen molar-refractivity contribution < 1.29 is 13.9 Å². The van der Waals surface area contributed by atoms with Crippen LogP contribution in [-0.2, 0) is 22.3 Å². The molecule has 0 saturated carbocycles. The zero-order valence-corrected chi connectivity index (χ0v) is 11.4. The first-order valence-electron chi connectivity index (χ1n) is 6.57. The molecule has 5 heteroatoms. The molecule has 0 unspecified atom stereocenters. The van der Waals surface area contributed by atoms with Crippen LogP contribution in [0.5, 0.6) is 0 Å². The average molecular weight is 256 g/mol. The normalized spacial score (nSPS) is 11.0. The van der Waals surface area contributed by atoms with Crippen molar-refractivity contribution in [3.8, 4) is 0 Å². The van der Waals surface area contributed by atoms with Crippen LogP contribution in [0.1, 0.15) is 25.0 Å². The van der Waals surface area contributed by atoms with E-state index in [0.29, 0.717) is 6.61 Å². The van der Waals surface area contributed by atoms with E-state index in [9.17, 15) is 0 Å². The summed E-state index contributed by atoms with van der Waals surface area (Å²) in [5, 5.41) is 3.25. The van der Waals surface area contributed by atoms with Gasteiger partial charge in [-0.3, -0.25) is 0 Å². The lowest BCUT2D eigenvalue weighted by Gasteiger charge is -2.01. The van der Waals surface area contributed by atoms with Gasteiger partial charge < -0.3 is 19.2 Å². The fourth-order valence-electron chi connectivity index (χ4n) is 1.49. The molecule has 0 aromatic carbocycles. The van der Waals surface area contributed by atoms with Crippen LogP contribution < -0.4 is 5.32 Å². The van der Waals surface area contributed by atoms with Crippen LogP contribution in [0, 0.1) is 0 Å². The second-order valence-corrected chi connectivity index (χ2v) is 4.08. The molecule has 104 valence electrons. The number of oxazole rings is 1. The molecular weight excluding hydrogens is 232 g/mol. The predicted molar refractivity (Wildman–Crippen MR) is 69.8 cm³/mol. The van der Waals surface area contributed by atoms with Crippen LogP contribution in [0.4, 0.5) is 0 Å². The van der Waals surface area contributed by atoms with E-state index in [-0.39, 0.29) is 0 Å². The fraction of sp³-hybridized carbons (Fsp3) is 0.769. The Morgan fingerprint density at radius 3 is 2.89 bits per heavy atom. The van der Waals surface area contributed by atoms with Crippen molar-refractivity contribution in [3.63, 3.8) is 0 Å². The highest BCUT2D eigenvalue weighted by atomic mass is 16.5. The molecule has 0 aliphatic carbocycles. The number of methoxy groups -OCH3 is 1. The van der Waals surface area contributed by atoms with E-state index >= 15 is 0 Å². The van der Waals surface area contributed by atoms with Crippen molar-refractivity contribution in [3.05, 3.63) is 17.8 Å². The van der Waals surface area contributed by atoms with Gasteiger partial charge in [-0.05, 0) is 6.42 Å². The molecule has 0 radical (unpaired) electrons. The summed E-state index contributed by atoms with van der Waals surface area (Å²) in [5.74, 6) is 1.68. The summed E-state index contributed by atoms with van der Waals surface area (Å²) in [7, 11) is 1.70. The maximum absolute atomic E-state index is 5.61. The zero-order valence-electron chi connectivity index (χ0n) is 11.4. The van der Waals surface area contributed by atoms with E-state index in [1.165, 1.54) is 0 Å². The third-order valence-corrected chi connectivity index (χ3v) is 2.44. The van der Waals surface area contributed by atoms with E-state index in [4.69, 9.17) is 13.9 Å². The Labute approximate surface area is 109 Å². The third-order valence-electron chi connectivity index (χ3n) is 2.44. The predicted octanol–water partition coefficient (Wildman–Crippen LogP) is 1.42. The SMILES string of the molecule is CCCOCCc1cnc(CCNCCOC)o1. The molecule has 0 spiro atoms. The Bertz CT molecular complexity index is 302. The van der Waals surface area contributed by atoms with Crippen LogP contribution in [0.25, 0.3) is 0 Å². The molecule has 0 aliphatic rings. The second kappa shape index (κ2) is 10.1. The molecule has 18 heavy (non-hydrogen) atoms. The van der Waals surface area contributed by atoms with Gasteiger partial charge in [0.2, 0.25) is 0 Å². The Hall–Kier alpha value is -0.910. The van der Waals surface area contributed by atoms with Gasteiger partial charge in [-0.25, -0.2) is 4.98 Å². The summed E-state index contributed by atoms with van der Waals surface area (Å²) in [6.45, 7) is 6.05. The number of rotatable bonds is 11. The van der Waals surface area contributed by atoms with Gasteiger partial charge in [0.1, 0.15) is 5.76 Å². The standard InChI is InChI=1S/C13H24N2O3/c1-3-8-17-9-5-12-11-15-13(18-12)4-6-14-7-10-16-2/h11,14H,3-10H2,1-2H3. The highest BCUT2D eigenvalue weighted by molar-refractivity contribution is 4.94.